The molecule has 0 saturated carbocycles. The number of aromatic nitrogens is 2. The van der Waals surface area contributed by atoms with E-state index in [2.05, 4.69) is 10.2 Å². The van der Waals surface area contributed by atoms with Crippen molar-refractivity contribution in [2.24, 2.45) is 0 Å². The highest BCUT2D eigenvalue weighted by molar-refractivity contribution is 6.33. The molecule has 0 radical (unpaired) electrons. The lowest BCUT2D eigenvalue weighted by Crippen LogP contribution is -2.05. The molecule has 0 aliphatic heterocycles. The van der Waals surface area contributed by atoms with Gasteiger partial charge >= 0.3 is 5.97 Å². The highest BCUT2D eigenvalue weighted by Crippen LogP contribution is 2.26. The minimum Gasteiger partial charge on any atom is -0.497 e. The summed E-state index contributed by atoms with van der Waals surface area (Å²) in [6.45, 7) is -0.123. The highest BCUT2D eigenvalue weighted by Gasteiger charge is 2.14. The van der Waals surface area contributed by atoms with Gasteiger partial charge in [0.05, 0.1) is 23.3 Å². The zero-order chi connectivity index (χ0) is 16.9. The van der Waals surface area contributed by atoms with Crippen molar-refractivity contribution in [1.82, 2.24) is 10.2 Å². The zero-order valence-corrected chi connectivity index (χ0v) is 13.5. The van der Waals surface area contributed by atoms with Crippen LogP contribution in [-0.2, 0) is 11.3 Å². The van der Waals surface area contributed by atoms with Crippen molar-refractivity contribution in [2.45, 2.75) is 6.61 Å². The van der Waals surface area contributed by atoms with Gasteiger partial charge < -0.3 is 13.9 Å². The normalized spacial score (nSPS) is 10.4. The van der Waals surface area contributed by atoms with Crippen molar-refractivity contribution in [3.63, 3.8) is 0 Å². The maximum absolute atomic E-state index is 12.0. The number of hydrogen-bond acceptors (Lipinski definition) is 6. The summed E-state index contributed by atoms with van der Waals surface area (Å²) >= 11 is 6.08. The third kappa shape index (κ3) is 3.55. The molecule has 1 heterocycles. The number of halogens is 1. The van der Waals surface area contributed by atoms with Crippen LogP contribution in [0.2, 0.25) is 5.02 Å². The van der Waals surface area contributed by atoms with Crippen molar-refractivity contribution in [2.75, 3.05) is 7.11 Å². The van der Waals surface area contributed by atoms with Crippen LogP contribution in [0, 0.1) is 0 Å². The smallest absolute Gasteiger partial charge is 0.338 e. The van der Waals surface area contributed by atoms with E-state index in [4.69, 9.17) is 25.5 Å². The Labute approximate surface area is 143 Å². The Morgan fingerprint density at radius 2 is 1.88 bits per heavy atom. The van der Waals surface area contributed by atoms with Crippen molar-refractivity contribution in [3.05, 3.63) is 65.0 Å². The number of methoxy groups -OCH3 is 1. The van der Waals surface area contributed by atoms with Gasteiger partial charge in [-0.2, -0.15) is 0 Å². The molecule has 24 heavy (non-hydrogen) atoms. The van der Waals surface area contributed by atoms with Gasteiger partial charge in [0.15, 0.2) is 6.61 Å². The summed E-state index contributed by atoms with van der Waals surface area (Å²) in [4.78, 5) is 12.0. The van der Waals surface area contributed by atoms with Gasteiger partial charge in [-0.05, 0) is 36.4 Å². The fourth-order valence-electron chi connectivity index (χ4n) is 1.99. The lowest BCUT2D eigenvalue weighted by atomic mass is 10.2. The van der Waals surface area contributed by atoms with Crippen molar-refractivity contribution in [1.29, 1.82) is 0 Å². The van der Waals surface area contributed by atoms with E-state index >= 15 is 0 Å². The van der Waals surface area contributed by atoms with Gasteiger partial charge in [-0.15, -0.1) is 10.2 Å². The molecule has 0 aliphatic carbocycles. The Kier molecular flexibility index (Phi) is 4.77. The Balaban J connectivity index is 1.65. The first-order valence-electron chi connectivity index (χ1n) is 7.06. The summed E-state index contributed by atoms with van der Waals surface area (Å²) in [5.74, 6) is 0.630. The molecular formula is C17H13ClN2O4. The zero-order valence-electron chi connectivity index (χ0n) is 12.7. The number of rotatable bonds is 5. The molecule has 0 saturated heterocycles. The SMILES string of the molecule is COc1ccc(C(=O)OCc2nnc(-c3ccccc3Cl)o2)cc1. The van der Waals surface area contributed by atoms with Crippen LogP contribution in [0.4, 0.5) is 0 Å². The lowest BCUT2D eigenvalue weighted by Gasteiger charge is -2.03. The van der Waals surface area contributed by atoms with E-state index in [1.807, 2.05) is 6.07 Å². The van der Waals surface area contributed by atoms with Crippen LogP contribution in [0.15, 0.2) is 52.9 Å². The molecule has 0 N–H and O–H groups in total. The molecule has 0 unspecified atom stereocenters. The molecular weight excluding hydrogens is 332 g/mol. The molecule has 0 atom stereocenters. The highest BCUT2D eigenvalue weighted by atomic mass is 35.5. The second-order valence-corrected chi connectivity index (χ2v) is 5.19. The van der Waals surface area contributed by atoms with Crippen LogP contribution in [0.25, 0.3) is 11.5 Å². The van der Waals surface area contributed by atoms with E-state index in [9.17, 15) is 4.79 Å². The predicted octanol–water partition coefficient (Wildman–Crippen LogP) is 3.76. The topological polar surface area (TPSA) is 74.5 Å². The van der Waals surface area contributed by atoms with Gasteiger partial charge in [-0.25, -0.2) is 4.79 Å². The van der Waals surface area contributed by atoms with Crippen LogP contribution >= 0.6 is 11.6 Å². The fraction of sp³-hybridized carbons (Fsp3) is 0.118. The standard InChI is InChI=1S/C17H13ClN2O4/c1-22-12-8-6-11(7-9-12)17(21)23-10-15-19-20-16(24-15)13-4-2-3-5-14(13)18/h2-9H,10H2,1H3. The Morgan fingerprint density at radius 1 is 1.12 bits per heavy atom. The number of hydrogen-bond donors (Lipinski definition) is 0. The van der Waals surface area contributed by atoms with Crippen LogP contribution in [0.1, 0.15) is 16.2 Å². The molecule has 0 aliphatic rings. The lowest BCUT2D eigenvalue weighted by molar-refractivity contribution is 0.0438. The Morgan fingerprint density at radius 3 is 2.58 bits per heavy atom. The van der Waals surface area contributed by atoms with Gasteiger partial charge in [0.25, 0.3) is 5.89 Å². The van der Waals surface area contributed by atoms with E-state index in [0.29, 0.717) is 21.9 Å². The molecule has 0 amide bonds. The average molecular weight is 345 g/mol. The largest absolute Gasteiger partial charge is 0.497 e. The summed E-state index contributed by atoms with van der Waals surface area (Å²) < 4.78 is 15.7. The predicted molar refractivity (Wildman–Crippen MR) is 86.9 cm³/mol. The molecule has 3 rings (SSSR count). The van der Waals surface area contributed by atoms with Crippen LogP contribution in [0.5, 0.6) is 5.75 Å². The Bertz CT molecular complexity index is 846. The first-order valence-corrected chi connectivity index (χ1v) is 7.43. The van der Waals surface area contributed by atoms with Crippen molar-refractivity contribution < 1.29 is 18.7 Å². The number of nitrogens with zero attached hydrogens (tertiary/aromatic N) is 2. The number of esters is 1. The monoisotopic (exact) mass is 344 g/mol. The van der Waals surface area contributed by atoms with Gasteiger partial charge in [0.2, 0.25) is 5.89 Å². The summed E-state index contributed by atoms with van der Waals surface area (Å²) in [6.07, 6.45) is 0. The molecule has 2 aromatic carbocycles. The van der Waals surface area contributed by atoms with Gasteiger partial charge in [0, 0.05) is 0 Å². The van der Waals surface area contributed by atoms with E-state index < -0.39 is 5.97 Å². The molecule has 0 spiro atoms. The van der Waals surface area contributed by atoms with E-state index in [0.717, 1.165) is 0 Å². The maximum atomic E-state index is 12.0. The number of ether oxygens (including phenoxy) is 2. The summed E-state index contributed by atoms with van der Waals surface area (Å²) in [5.41, 5.74) is 1.03. The van der Waals surface area contributed by atoms with Gasteiger partial charge in [-0.3, -0.25) is 0 Å². The first-order chi connectivity index (χ1) is 11.7. The van der Waals surface area contributed by atoms with Gasteiger partial charge in [0.1, 0.15) is 5.75 Å². The summed E-state index contributed by atoms with van der Waals surface area (Å²) in [6, 6.07) is 13.7. The van der Waals surface area contributed by atoms with Crippen molar-refractivity contribution in [3.8, 4) is 17.2 Å². The van der Waals surface area contributed by atoms with Crippen LogP contribution in [-0.4, -0.2) is 23.3 Å². The minimum absolute atomic E-state index is 0.123. The number of benzene rings is 2. The second-order valence-electron chi connectivity index (χ2n) is 4.79. The minimum atomic E-state index is -0.491. The second kappa shape index (κ2) is 7.14. The third-order valence-electron chi connectivity index (χ3n) is 3.22. The molecule has 1 aromatic heterocycles. The first kappa shape index (κ1) is 16.0. The Hall–Kier alpha value is -2.86. The molecule has 122 valence electrons. The molecule has 3 aromatic rings. The average Bonchev–Trinajstić information content (AvgIpc) is 3.09. The molecule has 0 fully saturated rings. The number of carbonyl (C=O) groups is 1. The van der Waals surface area contributed by atoms with Crippen LogP contribution in [0.3, 0.4) is 0 Å². The van der Waals surface area contributed by atoms with Gasteiger partial charge in [-0.1, -0.05) is 23.7 Å². The van der Waals surface area contributed by atoms with Crippen molar-refractivity contribution >= 4 is 17.6 Å². The summed E-state index contributed by atoms with van der Waals surface area (Å²) in [5, 5.41) is 8.27. The molecule has 7 heteroatoms. The van der Waals surface area contributed by atoms with E-state index in [1.54, 1.807) is 49.6 Å². The quantitative estimate of drug-likeness (QED) is 0.656. The molecule has 0 bridgehead atoms. The third-order valence-corrected chi connectivity index (χ3v) is 3.55. The maximum Gasteiger partial charge on any atom is 0.338 e. The number of carbonyl (C=O) groups excluding carboxylic acids is 1. The van der Waals surface area contributed by atoms with Crippen LogP contribution < -0.4 is 4.74 Å². The fourth-order valence-corrected chi connectivity index (χ4v) is 2.21. The van der Waals surface area contributed by atoms with E-state index in [1.165, 1.54) is 0 Å². The summed E-state index contributed by atoms with van der Waals surface area (Å²) in [7, 11) is 1.56. The molecule has 6 nitrogen and oxygen atoms in total. The van der Waals surface area contributed by atoms with E-state index in [-0.39, 0.29) is 18.4 Å².